The smallest absolute Gasteiger partial charge is 0.354 e. The number of hydrogen-bond acceptors (Lipinski definition) is 4. The van der Waals surface area contributed by atoms with Crippen molar-refractivity contribution in [2.75, 3.05) is 32.1 Å². The van der Waals surface area contributed by atoms with Crippen LogP contribution in [0, 0.1) is 5.92 Å². The van der Waals surface area contributed by atoms with Crippen LogP contribution < -0.4 is 4.90 Å². The lowest BCUT2D eigenvalue weighted by Gasteiger charge is -2.22. The van der Waals surface area contributed by atoms with Gasteiger partial charge in [-0.2, -0.15) is 0 Å². The van der Waals surface area contributed by atoms with E-state index >= 15 is 0 Å². The fourth-order valence-corrected chi connectivity index (χ4v) is 2.53. The zero-order valence-corrected chi connectivity index (χ0v) is 11.0. The van der Waals surface area contributed by atoms with Crippen LogP contribution in [0.5, 0.6) is 0 Å². The Morgan fingerprint density at radius 1 is 1.44 bits per heavy atom. The van der Waals surface area contributed by atoms with Crippen molar-refractivity contribution in [3.8, 4) is 0 Å². The van der Waals surface area contributed by atoms with Gasteiger partial charge in [0.05, 0.1) is 0 Å². The van der Waals surface area contributed by atoms with E-state index < -0.39 is 5.97 Å². The number of pyridine rings is 1. The Morgan fingerprint density at radius 3 is 2.72 bits per heavy atom. The van der Waals surface area contributed by atoms with E-state index in [9.17, 15) is 4.79 Å². The monoisotopic (exact) mass is 249 g/mol. The van der Waals surface area contributed by atoms with Crippen molar-refractivity contribution in [1.29, 1.82) is 0 Å². The predicted octanol–water partition coefficient (Wildman–Crippen LogP) is 1.17. The Hall–Kier alpha value is -1.62. The molecule has 0 radical (unpaired) electrons. The first kappa shape index (κ1) is 12.8. The molecule has 0 bridgehead atoms. The molecule has 18 heavy (non-hydrogen) atoms. The van der Waals surface area contributed by atoms with Crippen molar-refractivity contribution in [2.45, 2.75) is 13.0 Å². The molecular formula is C13H19N3O2. The average molecular weight is 249 g/mol. The zero-order valence-electron chi connectivity index (χ0n) is 11.0. The molecule has 5 heteroatoms. The fourth-order valence-electron chi connectivity index (χ4n) is 2.53. The molecule has 2 atom stereocenters. The first-order valence-electron chi connectivity index (χ1n) is 6.10. The van der Waals surface area contributed by atoms with Crippen molar-refractivity contribution in [1.82, 2.24) is 9.88 Å². The number of carboxylic acids is 1. The van der Waals surface area contributed by atoms with Gasteiger partial charge in [-0.1, -0.05) is 13.0 Å². The summed E-state index contributed by atoms with van der Waals surface area (Å²) in [5.41, 5.74) is 0.105. The van der Waals surface area contributed by atoms with Gasteiger partial charge in [0.25, 0.3) is 0 Å². The maximum absolute atomic E-state index is 10.9. The van der Waals surface area contributed by atoms with Gasteiger partial charge in [0.1, 0.15) is 5.82 Å². The molecule has 2 rings (SSSR count). The van der Waals surface area contributed by atoms with E-state index in [0.717, 1.165) is 18.9 Å². The van der Waals surface area contributed by atoms with Crippen molar-refractivity contribution < 1.29 is 9.90 Å². The van der Waals surface area contributed by atoms with Crippen LogP contribution in [0.1, 0.15) is 17.4 Å². The zero-order chi connectivity index (χ0) is 13.3. The lowest BCUT2D eigenvalue weighted by atomic mass is 10.1. The quantitative estimate of drug-likeness (QED) is 0.871. The minimum Gasteiger partial charge on any atom is -0.477 e. The van der Waals surface area contributed by atoms with E-state index in [1.165, 1.54) is 6.07 Å². The standard InChI is InChI=1S/C13H19N3O2/c1-9-7-16(8-11(9)15(2)3)12-6-4-5-10(14-12)13(17)18/h4-6,9,11H,7-8H2,1-3H3,(H,17,18). The summed E-state index contributed by atoms with van der Waals surface area (Å²) >= 11 is 0. The maximum atomic E-state index is 10.9. The van der Waals surface area contributed by atoms with Gasteiger partial charge < -0.3 is 14.9 Å². The Labute approximate surface area is 107 Å². The Balaban J connectivity index is 2.18. The third-order valence-electron chi connectivity index (χ3n) is 3.51. The van der Waals surface area contributed by atoms with E-state index in [2.05, 4.69) is 35.8 Å². The molecule has 5 nitrogen and oxygen atoms in total. The van der Waals surface area contributed by atoms with Gasteiger partial charge in [-0.05, 0) is 32.1 Å². The van der Waals surface area contributed by atoms with Crippen molar-refractivity contribution >= 4 is 11.8 Å². The molecule has 0 spiro atoms. The first-order valence-corrected chi connectivity index (χ1v) is 6.10. The number of carbonyl (C=O) groups is 1. The molecule has 2 unspecified atom stereocenters. The highest BCUT2D eigenvalue weighted by atomic mass is 16.4. The molecular weight excluding hydrogens is 230 g/mol. The summed E-state index contributed by atoms with van der Waals surface area (Å²) in [5, 5.41) is 8.96. The largest absolute Gasteiger partial charge is 0.477 e. The molecule has 0 amide bonds. The van der Waals surface area contributed by atoms with Gasteiger partial charge in [-0.15, -0.1) is 0 Å². The van der Waals surface area contributed by atoms with Gasteiger partial charge in [-0.25, -0.2) is 9.78 Å². The lowest BCUT2D eigenvalue weighted by Crippen LogP contribution is -2.34. The van der Waals surface area contributed by atoms with Gasteiger partial charge in [0.2, 0.25) is 0 Å². The van der Waals surface area contributed by atoms with E-state index in [4.69, 9.17) is 5.11 Å². The van der Waals surface area contributed by atoms with Crippen LogP contribution in [-0.2, 0) is 0 Å². The van der Waals surface area contributed by atoms with Gasteiger partial charge >= 0.3 is 5.97 Å². The van der Waals surface area contributed by atoms with Crippen LogP contribution in [0.15, 0.2) is 18.2 Å². The summed E-state index contributed by atoms with van der Waals surface area (Å²) in [4.78, 5) is 19.5. The second-order valence-electron chi connectivity index (χ2n) is 5.10. The van der Waals surface area contributed by atoms with Gasteiger partial charge in [0.15, 0.2) is 5.69 Å². The second-order valence-corrected chi connectivity index (χ2v) is 5.10. The molecule has 0 aliphatic carbocycles. The van der Waals surface area contributed by atoms with Crippen molar-refractivity contribution in [3.63, 3.8) is 0 Å². The molecule has 1 aromatic heterocycles. The van der Waals surface area contributed by atoms with Crippen LogP contribution in [0.3, 0.4) is 0 Å². The summed E-state index contributed by atoms with van der Waals surface area (Å²) in [6.45, 7) is 4.02. The van der Waals surface area contributed by atoms with E-state index in [0.29, 0.717) is 12.0 Å². The molecule has 1 N–H and O–H groups in total. The van der Waals surface area contributed by atoms with Gasteiger partial charge in [-0.3, -0.25) is 0 Å². The van der Waals surface area contributed by atoms with E-state index in [1.807, 2.05) is 6.07 Å². The Bertz CT molecular complexity index is 448. The molecule has 2 heterocycles. The fraction of sp³-hybridized carbons (Fsp3) is 0.538. The number of aromatic carboxylic acids is 1. The molecule has 1 saturated heterocycles. The minimum atomic E-state index is -0.978. The summed E-state index contributed by atoms with van der Waals surface area (Å²) in [7, 11) is 4.15. The molecule has 0 saturated carbocycles. The Morgan fingerprint density at radius 2 is 2.17 bits per heavy atom. The number of rotatable bonds is 3. The molecule has 1 aliphatic heterocycles. The third kappa shape index (κ3) is 2.46. The van der Waals surface area contributed by atoms with Crippen LogP contribution in [0.25, 0.3) is 0 Å². The highest BCUT2D eigenvalue weighted by molar-refractivity contribution is 5.85. The van der Waals surface area contributed by atoms with Crippen molar-refractivity contribution in [2.24, 2.45) is 5.92 Å². The molecule has 0 aromatic carbocycles. The highest BCUT2D eigenvalue weighted by Gasteiger charge is 2.31. The first-order chi connectivity index (χ1) is 8.49. The number of likely N-dealkylation sites (N-methyl/N-ethyl adjacent to an activating group) is 1. The van der Waals surface area contributed by atoms with Gasteiger partial charge in [0, 0.05) is 19.1 Å². The number of hydrogen-bond donors (Lipinski definition) is 1. The maximum Gasteiger partial charge on any atom is 0.354 e. The van der Waals surface area contributed by atoms with E-state index in [1.54, 1.807) is 6.07 Å². The lowest BCUT2D eigenvalue weighted by molar-refractivity contribution is 0.0690. The number of carboxylic acid groups (broad SMARTS) is 1. The number of aromatic nitrogens is 1. The van der Waals surface area contributed by atoms with Crippen LogP contribution >= 0.6 is 0 Å². The molecule has 98 valence electrons. The summed E-state index contributed by atoms with van der Waals surface area (Å²) in [6, 6.07) is 5.63. The number of anilines is 1. The summed E-state index contributed by atoms with van der Waals surface area (Å²) in [5.74, 6) is 0.328. The predicted molar refractivity (Wildman–Crippen MR) is 70.0 cm³/mol. The van der Waals surface area contributed by atoms with Crippen molar-refractivity contribution in [3.05, 3.63) is 23.9 Å². The average Bonchev–Trinajstić information content (AvgIpc) is 2.71. The third-order valence-corrected chi connectivity index (χ3v) is 3.51. The van der Waals surface area contributed by atoms with Crippen LogP contribution in [0.2, 0.25) is 0 Å². The molecule has 1 aromatic rings. The minimum absolute atomic E-state index is 0.105. The Kier molecular flexibility index (Phi) is 3.52. The second kappa shape index (κ2) is 4.94. The van der Waals surface area contributed by atoms with E-state index in [-0.39, 0.29) is 5.69 Å². The normalized spacial score (nSPS) is 23.7. The van der Waals surface area contributed by atoms with Crippen LogP contribution in [0.4, 0.5) is 5.82 Å². The molecule has 1 fully saturated rings. The summed E-state index contributed by atoms with van der Waals surface area (Å²) < 4.78 is 0. The topological polar surface area (TPSA) is 56.7 Å². The SMILES string of the molecule is CC1CN(c2cccc(C(=O)O)n2)CC1N(C)C. The number of nitrogens with zero attached hydrogens (tertiary/aromatic N) is 3. The highest BCUT2D eigenvalue weighted by Crippen LogP contribution is 2.24. The summed E-state index contributed by atoms with van der Waals surface area (Å²) in [6.07, 6.45) is 0. The van der Waals surface area contributed by atoms with Crippen LogP contribution in [-0.4, -0.2) is 54.2 Å². The molecule has 1 aliphatic rings.